The Kier molecular flexibility index (Phi) is 12.6. The molecule has 1 N–H and O–H groups in total. The molecule has 5 heteroatoms. The van der Waals surface area contributed by atoms with E-state index < -0.39 is 5.41 Å². The molecular weight excluding hydrogens is 374 g/mol. The third-order valence-corrected chi connectivity index (χ3v) is 5.54. The zero-order valence-electron chi connectivity index (χ0n) is 20.2. The van der Waals surface area contributed by atoms with Crippen LogP contribution >= 0.6 is 0 Å². The number of aromatic nitrogens is 2. The maximum Gasteiger partial charge on any atom is 0.225 e. The summed E-state index contributed by atoms with van der Waals surface area (Å²) in [4.78, 5) is 28.9. The number of carbonyl (C=O) groups excluding carboxylic acids is 2. The monoisotopic (exact) mass is 419 g/mol. The maximum absolute atomic E-state index is 12.4. The van der Waals surface area contributed by atoms with E-state index in [1.54, 1.807) is 17.8 Å². The van der Waals surface area contributed by atoms with Crippen LogP contribution < -0.4 is 5.32 Å². The molecule has 0 aliphatic carbocycles. The number of aryl methyl sites for hydroxylation is 1. The smallest absolute Gasteiger partial charge is 0.225 e. The zero-order chi connectivity index (χ0) is 22.4. The number of rotatable bonds is 16. The molecule has 0 saturated carbocycles. The molecule has 0 radical (unpaired) electrons. The summed E-state index contributed by atoms with van der Waals surface area (Å²) in [5.74, 6) is 0.802. The minimum absolute atomic E-state index is 0.0223. The largest absolute Gasteiger partial charge is 0.329 e. The van der Waals surface area contributed by atoms with Crippen molar-refractivity contribution in [2.24, 2.45) is 12.5 Å². The van der Waals surface area contributed by atoms with E-state index in [2.05, 4.69) is 17.2 Å². The number of carbonyl (C=O) groups is 2. The van der Waals surface area contributed by atoms with Crippen LogP contribution in [0.25, 0.3) is 0 Å². The molecule has 1 aromatic heterocycles. The Morgan fingerprint density at radius 1 is 0.867 bits per heavy atom. The Morgan fingerprint density at radius 2 is 1.33 bits per heavy atom. The fourth-order valence-corrected chi connectivity index (χ4v) is 3.58. The molecule has 0 saturated heterocycles. The Labute approximate surface area is 184 Å². The van der Waals surface area contributed by atoms with E-state index in [1.807, 2.05) is 20.8 Å². The van der Waals surface area contributed by atoms with Gasteiger partial charge >= 0.3 is 0 Å². The van der Waals surface area contributed by atoms with Gasteiger partial charge in [0.25, 0.3) is 0 Å². The highest BCUT2D eigenvalue weighted by molar-refractivity contribution is 5.98. The van der Waals surface area contributed by atoms with Crippen LogP contribution in [0.15, 0.2) is 6.20 Å². The van der Waals surface area contributed by atoms with Crippen molar-refractivity contribution in [3.63, 3.8) is 0 Å². The lowest BCUT2D eigenvalue weighted by Gasteiger charge is -2.15. The summed E-state index contributed by atoms with van der Waals surface area (Å²) in [7, 11) is 1.79. The molecule has 0 atom stereocenters. The number of ketones is 1. The quantitative estimate of drug-likeness (QED) is 0.230. The topological polar surface area (TPSA) is 64.0 Å². The molecule has 0 unspecified atom stereocenters. The molecule has 5 nitrogen and oxygen atoms in total. The van der Waals surface area contributed by atoms with Gasteiger partial charge in [-0.2, -0.15) is 0 Å². The van der Waals surface area contributed by atoms with Gasteiger partial charge in [-0.25, -0.2) is 4.98 Å². The van der Waals surface area contributed by atoms with Crippen molar-refractivity contribution in [3.8, 4) is 0 Å². The van der Waals surface area contributed by atoms with E-state index in [0.717, 1.165) is 12.8 Å². The fourth-order valence-electron chi connectivity index (χ4n) is 3.58. The highest BCUT2D eigenvalue weighted by atomic mass is 16.1. The molecule has 0 aliphatic heterocycles. The highest BCUT2D eigenvalue weighted by Gasteiger charge is 2.27. The molecule has 0 bridgehead atoms. The normalized spacial score (nSPS) is 11.6. The van der Waals surface area contributed by atoms with Crippen molar-refractivity contribution in [3.05, 3.63) is 12.0 Å². The molecule has 0 fully saturated rings. The van der Waals surface area contributed by atoms with Gasteiger partial charge in [0, 0.05) is 25.1 Å². The molecule has 1 aromatic rings. The van der Waals surface area contributed by atoms with Crippen molar-refractivity contribution in [2.45, 2.75) is 118 Å². The van der Waals surface area contributed by atoms with Crippen LogP contribution in [0.3, 0.4) is 0 Å². The van der Waals surface area contributed by atoms with E-state index in [1.165, 1.54) is 70.6 Å². The van der Waals surface area contributed by atoms with Crippen molar-refractivity contribution < 1.29 is 9.59 Å². The Morgan fingerprint density at radius 3 is 1.80 bits per heavy atom. The third kappa shape index (κ3) is 10.9. The van der Waals surface area contributed by atoms with Crippen LogP contribution in [-0.2, 0) is 11.8 Å². The van der Waals surface area contributed by atoms with E-state index in [4.69, 9.17) is 0 Å². The SMILES string of the molecule is CCCCCCCCCCCCCCCC(=O)Nc1cn(C)c(C(=O)C(C)(C)C)n1. The molecule has 1 rings (SSSR count). The van der Waals surface area contributed by atoms with Crippen molar-refractivity contribution >= 4 is 17.5 Å². The van der Waals surface area contributed by atoms with E-state index in [0.29, 0.717) is 18.1 Å². The number of hydrogen-bond acceptors (Lipinski definition) is 3. The highest BCUT2D eigenvalue weighted by Crippen LogP contribution is 2.21. The molecule has 0 spiro atoms. The van der Waals surface area contributed by atoms with E-state index in [9.17, 15) is 9.59 Å². The summed E-state index contributed by atoms with van der Waals surface area (Å²) >= 11 is 0. The zero-order valence-corrected chi connectivity index (χ0v) is 20.2. The number of amides is 1. The average molecular weight is 420 g/mol. The Balaban J connectivity index is 2.09. The minimum Gasteiger partial charge on any atom is -0.329 e. The molecule has 0 aromatic carbocycles. The molecule has 0 aliphatic rings. The van der Waals surface area contributed by atoms with Crippen LogP contribution in [0.5, 0.6) is 0 Å². The van der Waals surface area contributed by atoms with Crippen molar-refractivity contribution in [2.75, 3.05) is 5.32 Å². The van der Waals surface area contributed by atoms with Crippen LogP contribution in [0.1, 0.15) is 128 Å². The van der Waals surface area contributed by atoms with Crippen LogP contribution in [0.4, 0.5) is 5.82 Å². The van der Waals surface area contributed by atoms with Crippen LogP contribution in [-0.4, -0.2) is 21.2 Å². The number of nitrogens with zero attached hydrogens (tertiary/aromatic N) is 2. The van der Waals surface area contributed by atoms with E-state index in [-0.39, 0.29) is 11.7 Å². The molecule has 30 heavy (non-hydrogen) atoms. The van der Waals surface area contributed by atoms with Gasteiger partial charge < -0.3 is 9.88 Å². The van der Waals surface area contributed by atoms with Gasteiger partial charge in [0.1, 0.15) is 0 Å². The van der Waals surface area contributed by atoms with Gasteiger partial charge in [-0.3, -0.25) is 9.59 Å². The molecule has 172 valence electrons. The Hall–Kier alpha value is -1.65. The van der Waals surface area contributed by atoms with Crippen LogP contribution in [0, 0.1) is 5.41 Å². The summed E-state index contributed by atoms with van der Waals surface area (Å²) in [6.07, 6.45) is 19.1. The number of nitrogens with one attached hydrogen (secondary N) is 1. The van der Waals surface area contributed by atoms with Crippen LogP contribution in [0.2, 0.25) is 0 Å². The lowest BCUT2D eigenvalue weighted by atomic mass is 9.90. The lowest BCUT2D eigenvalue weighted by molar-refractivity contribution is -0.116. The molecule has 1 heterocycles. The third-order valence-electron chi connectivity index (χ3n) is 5.54. The fraction of sp³-hybridized carbons (Fsp3) is 0.800. The van der Waals surface area contributed by atoms with Gasteiger partial charge in [-0.15, -0.1) is 0 Å². The maximum atomic E-state index is 12.4. The lowest BCUT2D eigenvalue weighted by Crippen LogP contribution is -2.23. The summed E-state index contributed by atoms with van der Waals surface area (Å²) in [6.45, 7) is 7.88. The first kappa shape index (κ1) is 26.4. The first-order chi connectivity index (χ1) is 14.3. The summed E-state index contributed by atoms with van der Waals surface area (Å²) < 4.78 is 1.69. The van der Waals surface area contributed by atoms with Gasteiger partial charge in [-0.05, 0) is 6.42 Å². The van der Waals surface area contributed by atoms with E-state index >= 15 is 0 Å². The standard InChI is InChI=1S/C25H45N3O2/c1-6-7-8-9-10-11-12-13-14-15-16-17-18-19-22(29)26-21-20-28(5)24(27-21)23(30)25(2,3)4/h20H,6-19H2,1-5H3,(H,26,29). The van der Waals surface area contributed by atoms with Gasteiger partial charge in [0.05, 0.1) is 0 Å². The van der Waals surface area contributed by atoms with Crippen molar-refractivity contribution in [1.29, 1.82) is 0 Å². The Bertz CT molecular complexity index is 629. The molecular formula is C25H45N3O2. The summed E-state index contributed by atoms with van der Waals surface area (Å²) in [5.41, 5.74) is -0.491. The first-order valence-corrected chi connectivity index (χ1v) is 12.1. The second kappa shape index (κ2) is 14.4. The average Bonchev–Trinajstić information content (AvgIpc) is 3.03. The number of Topliss-reactive ketones (excluding diaryl/α,β-unsaturated/α-hetero) is 1. The first-order valence-electron chi connectivity index (χ1n) is 12.1. The van der Waals surface area contributed by atoms with Crippen molar-refractivity contribution in [1.82, 2.24) is 9.55 Å². The number of imidazole rings is 1. The number of anilines is 1. The minimum atomic E-state index is -0.491. The van der Waals surface area contributed by atoms with Gasteiger partial charge in [0.2, 0.25) is 11.7 Å². The predicted molar refractivity (Wildman–Crippen MR) is 126 cm³/mol. The summed E-state index contributed by atoms with van der Waals surface area (Å²) in [5, 5.41) is 2.83. The second-order valence-electron chi connectivity index (χ2n) is 9.68. The molecule has 1 amide bonds. The second-order valence-corrected chi connectivity index (χ2v) is 9.68. The number of unbranched alkanes of at least 4 members (excludes halogenated alkanes) is 12. The van der Waals surface area contributed by atoms with Gasteiger partial charge in [0.15, 0.2) is 11.6 Å². The van der Waals surface area contributed by atoms with Gasteiger partial charge in [-0.1, -0.05) is 105 Å². The predicted octanol–water partition coefficient (Wildman–Crippen LogP) is 7.07. The summed E-state index contributed by atoms with van der Waals surface area (Å²) in [6, 6.07) is 0. The number of hydrogen-bond donors (Lipinski definition) is 1.